The average Bonchev–Trinajstić information content (AvgIpc) is 2.92. The van der Waals surface area contributed by atoms with E-state index in [1.165, 1.54) is 11.3 Å². The quantitative estimate of drug-likeness (QED) is 0.852. The third-order valence-corrected chi connectivity index (χ3v) is 3.51. The predicted molar refractivity (Wildman–Crippen MR) is 77.5 cm³/mol. The van der Waals surface area contributed by atoms with Crippen LogP contribution in [0.1, 0.15) is 15.2 Å². The maximum absolute atomic E-state index is 12.4. The summed E-state index contributed by atoms with van der Waals surface area (Å²) in [5.74, 6) is 5.27. The summed E-state index contributed by atoms with van der Waals surface area (Å²) in [5, 5.41) is 10.5. The molecular weight excluding hydrogens is 258 g/mol. The number of benzene rings is 1. The average molecular weight is 271 g/mol. The Morgan fingerprint density at radius 2 is 2.05 bits per heavy atom. The van der Waals surface area contributed by atoms with Gasteiger partial charge in [0.25, 0.3) is 5.91 Å². The molecular formula is C15H13NO2S. The van der Waals surface area contributed by atoms with Gasteiger partial charge in [0.05, 0.1) is 0 Å². The molecule has 0 saturated heterocycles. The highest BCUT2D eigenvalue weighted by Crippen LogP contribution is 2.21. The van der Waals surface area contributed by atoms with Gasteiger partial charge in [0, 0.05) is 18.3 Å². The van der Waals surface area contributed by atoms with Crippen molar-refractivity contribution >= 4 is 22.9 Å². The maximum atomic E-state index is 12.4. The Morgan fingerprint density at radius 3 is 2.74 bits per heavy atom. The van der Waals surface area contributed by atoms with Gasteiger partial charge in [-0.3, -0.25) is 4.79 Å². The molecule has 0 aliphatic rings. The highest BCUT2D eigenvalue weighted by Gasteiger charge is 2.17. The molecule has 0 saturated carbocycles. The van der Waals surface area contributed by atoms with E-state index in [1.807, 2.05) is 35.7 Å². The lowest BCUT2D eigenvalue weighted by molar-refractivity contribution is 0.0996. The van der Waals surface area contributed by atoms with Crippen molar-refractivity contribution in [3.05, 3.63) is 52.2 Å². The first-order chi connectivity index (χ1) is 9.24. The van der Waals surface area contributed by atoms with Crippen LogP contribution in [0.2, 0.25) is 0 Å². The molecule has 0 fully saturated rings. The van der Waals surface area contributed by atoms with Gasteiger partial charge < -0.3 is 10.0 Å². The van der Waals surface area contributed by atoms with Gasteiger partial charge in [-0.05, 0) is 23.6 Å². The minimum atomic E-state index is -0.210. The van der Waals surface area contributed by atoms with E-state index in [9.17, 15) is 4.79 Å². The van der Waals surface area contributed by atoms with Gasteiger partial charge in [0.2, 0.25) is 0 Å². The molecule has 2 rings (SSSR count). The fraction of sp³-hybridized carbons (Fsp3) is 0.133. The first-order valence-electron chi connectivity index (χ1n) is 5.74. The van der Waals surface area contributed by atoms with Crippen molar-refractivity contribution in [3.63, 3.8) is 0 Å². The van der Waals surface area contributed by atoms with Gasteiger partial charge in [-0.1, -0.05) is 30.0 Å². The molecule has 1 N–H and O–H groups in total. The zero-order valence-electron chi connectivity index (χ0n) is 10.5. The Hall–Kier alpha value is -2.09. The van der Waals surface area contributed by atoms with E-state index in [0.29, 0.717) is 10.4 Å². The van der Waals surface area contributed by atoms with Crippen LogP contribution >= 0.6 is 11.3 Å². The molecule has 19 heavy (non-hydrogen) atoms. The van der Waals surface area contributed by atoms with Crippen molar-refractivity contribution in [2.24, 2.45) is 0 Å². The first kappa shape index (κ1) is 13.3. The number of aliphatic hydroxyl groups excluding tert-OH is 1. The van der Waals surface area contributed by atoms with E-state index in [4.69, 9.17) is 5.11 Å². The molecule has 3 nitrogen and oxygen atoms in total. The number of hydrogen-bond donors (Lipinski definition) is 1. The fourth-order valence-electron chi connectivity index (χ4n) is 1.63. The lowest BCUT2D eigenvalue weighted by atomic mass is 10.2. The predicted octanol–water partition coefficient (Wildman–Crippen LogP) is 2.37. The van der Waals surface area contributed by atoms with Crippen molar-refractivity contribution in [2.45, 2.75) is 0 Å². The largest absolute Gasteiger partial charge is 0.384 e. The Morgan fingerprint density at radius 1 is 1.32 bits per heavy atom. The summed E-state index contributed by atoms with van der Waals surface area (Å²) in [6.07, 6.45) is 0. The number of carbonyl (C=O) groups is 1. The minimum Gasteiger partial charge on any atom is -0.384 e. The highest BCUT2D eigenvalue weighted by atomic mass is 32.1. The lowest BCUT2D eigenvalue weighted by Crippen LogP contribution is -2.25. The van der Waals surface area contributed by atoms with Crippen LogP contribution in [-0.4, -0.2) is 24.7 Å². The van der Waals surface area contributed by atoms with E-state index in [0.717, 1.165) is 5.69 Å². The van der Waals surface area contributed by atoms with Gasteiger partial charge in [0.1, 0.15) is 11.5 Å². The summed E-state index contributed by atoms with van der Waals surface area (Å²) in [6, 6.07) is 11.2. The Balaban J connectivity index is 2.28. The maximum Gasteiger partial charge on any atom is 0.269 e. The van der Waals surface area contributed by atoms with Gasteiger partial charge in [-0.15, -0.1) is 11.3 Å². The van der Waals surface area contributed by atoms with Gasteiger partial charge in [0.15, 0.2) is 0 Å². The molecule has 1 aromatic carbocycles. The van der Waals surface area contributed by atoms with E-state index in [2.05, 4.69) is 11.8 Å². The van der Waals surface area contributed by atoms with E-state index >= 15 is 0 Å². The van der Waals surface area contributed by atoms with Crippen LogP contribution in [0.3, 0.4) is 0 Å². The molecule has 0 bridgehead atoms. The third-order valence-electron chi connectivity index (χ3n) is 2.61. The monoisotopic (exact) mass is 271 g/mol. The Labute approximate surface area is 116 Å². The SMILES string of the molecule is CN(C(=O)c1sccc1C#CCO)c1ccccc1. The molecule has 1 amide bonds. The van der Waals surface area contributed by atoms with Crippen LogP contribution in [0.4, 0.5) is 5.69 Å². The summed E-state index contributed by atoms with van der Waals surface area (Å²) in [7, 11) is 1.74. The standard InChI is InChI=1S/C15H13NO2S/c1-16(13-7-3-2-4-8-13)15(18)14-12(6-5-10-17)9-11-19-14/h2-4,7-9,11,17H,10H2,1H3. The molecule has 0 aliphatic carbocycles. The molecule has 0 atom stereocenters. The normalized spacial score (nSPS) is 9.58. The van der Waals surface area contributed by atoms with Crippen LogP contribution in [-0.2, 0) is 0 Å². The number of aliphatic hydroxyl groups is 1. The number of thiophene rings is 1. The van der Waals surface area contributed by atoms with E-state index in [1.54, 1.807) is 18.0 Å². The van der Waals surface area contributed by atoms with Crippen LogP contribution < -0.4 is 4.90 Å². The van der Waals surface area contributed by atoms with Gasteiger partial charge in [-0.25, -0.2) is 0 Å². The number of nitrogens with zero attached hydrogens (tertiary/aromatic N) is 1. The summed E-state index contributed by atoms with van der Waals surface area (Å²) >= 11 is 1.36. The third kappa shape index (κ3) is 3.02. The van der Waals surface area contributed by atoms with Crippen molar-refractivity contribution in [3.8, 4) is 11.8 Å². The van der Waals surface area contributed by atoms with Crippen molar-refractivity contribution in [1.29, 1.82) is 0 Å². The Kier molecular flexibility index (Phi) is 4.35. The number of anilines is 1. The highest BCUT2D eigenvalue weighted by molar-refractivity contribution is 7.12. The van der Waals surface area contributed by atoms with Crippen LogP contribution in [0, 0.1) is 11.8 Å². The van der Waals surface area contributed by atoms with Gasteiger partial charge in [-0.2, -0.15) is 0 Å². The molecule has 4 heteroatoms. The molecule has 96 valence electrons. The second-order valence-corrected chi connectivity index (χ2v) is 4.74. The molecule has 0 aliphatic heterocycles. The van der Waals surface area contributed by atoms with Crippen LogP contribution in [0.25, 0.3) is 0 Å². The van der Waals surface area contributed by atoms with Gasteiger partial charge >= 0.3 is 0 Å². The van der Waals surface area contributed by atoms with Crippen molar-refractivity contribution in [2.75, 3.05) is 18.6 Å². The second-order valence-electron chi connectivity index (χ2n) is 3.82. The van der Waals surface area contributed by atoms with E-state index in [-0.39, 0.29) is 12.5 Å². The Bertz CT molecular complexity index is 622. The number of rotatable bonds is 2. The molecule has 1 aromatic heterocycles. The second kappa shape index (κ2) is 6.19. The number of amides is 1. The summed E-state index contributed by atoms with van der Waals surface area (Å²) in [5.41, 5.74) is 1.49. The van der Waals surface area contributed by atoms with Crippen LogP contribution in [0.15, 0.2) is 41.8 Å². The van der Waals surface area contributed by atoms with Crippen molar-refractivity contribution in [1.82, 2.24) is 0 Å². The molecule has 0 radical (unpaired) electrons. The molecule has 0 unspecified atom stereocenters. The number of carbonyl (C=O) groups excluding carboxylic acids is 1. The summed E-state index contributed by atoms with van der Waals surface area (Å²) in [6.45, 7) is -0.210. The lowest BCUT2D eigenvalue weighted by Gasteiger charge is -2.16. The van der Waals surface area contributed by atoms with E-state index < -0.39 is 0 Å². The molecule has 2 aromatic rings. The zero-order valence-corrected chi connectivity index (χ0v) is 11.3. The smallest absolute Gasteiger partial charge is 0.269 e. The minimum absolute atomic E-state index is 0.0940. The molecule has 1 heterocycles. The van der Waals surface area contributed by atoms with Crippen molar-refractivity contribution < 1.29 is 9.90 Å². The molecule has 0 spiro atoms. The van der Waals surface area contributed by atoms with Crippen LogP contribution in [0.5, 0.6) is 0 Å². The first-order valence-corrected chi connectivity index (χ1v) is 6.62. The summed E-state index contributed by atoms with van der Waals surface area (Å²) in [4.78, 5) is 14.6. The summed E-state index contributed by atoms with van der Waals surface area (Å²) < 4.78 is 0. The number of hydrogen-bond acceptors (Lipinski definition) is 3. The topological polar surface area (TPSA) is 40.5 Å². The number of para-hydroxylation sites is 1. The zero-order chi connectivity index (χ0) is 13.7. The fourth-order valence-corrected chi connectivity index (χ4v) is 2.45.